The molecule has 0 aliphatic rings. The molecule has 3 nitrogen and oxygen atoms in total. The molecule has 0 saturated carbocycles. The summed E-state index contributed by atoms with van der Waals surface area (Å²) >= 11 is 3.60. The second-order valence-corrected chi connectivity index (χ2v) is 6.46. The Balaban J connectivity index is 2.19. The molecule has 1 unspecified atom stereocenters. The maximum absolute atomic E-state index is 5.80. The summed E-state index contributed by atoms with van der Waals surface area (Å²) in [7, 11) is 2.12. The highest BCUT2D eigenvalue weighted by molar-refractivity contribution is 7.98. The van der Waals surface area contributed by atoms with Gasteiger partial charge in [0.15, 0.2) is 5.13 Å². The molecule has 2 N–H and O–H groups in total. The van der Waals surface area contributed by atoms with Gasteiger partial charge in [-0.2, -0.15) is 11.8 Å². The Morgan fingerprint density at radius 3 is 3.00 bits per heavy atom. The molecule has 1 heterocycles. The Morgan fingerprint density at radius 2 is 2.28 bits per heavy atom. The maximum atomic E-state index is 5.80. The van der Waals surface area contributed by atoms with E-state index in [9.17, 15) is 0 Å². The van der Waals surface area contributed by atoms with E-state index in [1.54, 1.807) is 11.3 Å². The van der Waals surface area contributed by atoms with Crippen LogP contribution >= 0.6 is 23.1 Å². The van der Waals surface area contributed by atoms with E-state index < -0.39 is 0 Å². The van der Waals surface area contributed by atoms with Gasteiger partial charge >= 0.3 is 0 Å². The molecule has 18 heavy (non-hydrogen) atoms. The molecule has 1 aromatic heterocycles. The summed E-state index contributed by atoms with van der Waals surface area (Å²) in [5.74, 6) is 1.18. The molecule has 0 fully saturated rings. The fourth-order valence-corrected chi connectivity index (χ4v) is 3.41. The first-order valence-electron chi connectivity index (χ1n) is 5.99. The van der Waals surface area contributed by atoms with Crippen LogP contribution in [0.3, 0.4) is 0 Å². The molecule has 0 saturated heterocycles. The Morgan fingerprint density at radius 1 is 1.50 bits per heavy atom. The predicted molar refractivity (Wildman–Crippen MR) is 84.9 cm³/mol. The number of anilines is 2. The molecule has 0 radical (unpaired) electrons. The van der Waals surface area contributed by atoms with Crippen LogP contribution in [-0.2, 0) is 0 Å². The summed E-state index contributed by atoms with van der Waals surface area (Å²) in [6.45, 7) is 2.25. The van der Waals surface area contributed by atoms with Gasteiger partial charge in [0, 0.05) is 18.8 Å². The Kier molecular flexibility index (Phi) is 4.35. The van der Waals surface area contributed by atoms with Crippen molar-refractivity contribution in [3.63, 3.8) is 0 Å². The van der Waals surface area contributed by atoms with Gasteiger partial charge in [-0.3, -0.25) is 0 Å². The summed E-state index contributed by atoms with van der Waals surface area (Å²) < 4.78 is 1.16. The van der Waals surface area contributed by atoms with Gasteiger partial charge in [-0.05, 0) is 43.6 Å². The number of benzene rings is 1. The van der Waals surface area contributed by atoms with E-state index >= 15 is 0 Å². The number of rotatable bonds is 5. The third-order valence-corrected chi connectivity index (χ3v) is 4.86. The molecule has 0 aliphatic carbocycles. The lowest BCUT2D eigenvalue weighted by molar-refractivity contribution is 0.668. The van der Waals surface area contributed by atoms with Gasteiger partial charge in [-0.25, -0.2) is 4.98 Å². The monoisotopic (exact) mass is 281 g/mol. The molecular formula is C13H19N3S2. The van der Waals surface area contributed by atoms with Gasteiger partial charge in [-0.15, -0.1) is 0 Å². The number of nitrogens with zero attached hydrogens (tertiary/aromatic N) is 2. The first kappa shape index (κ1) is 13.5. The van der Waals surface area contributed by atoms with Gasteiger partial charge < -0.3 is 10.6 Å². The van der Waals surface area contributed by atoms with Crippen molar-refractivity contribution in [2.24, 2.45) is 0 Å². The topological polar surface area (TPSA) is 42.2 Å². The molecule has 0 bridgehead atoms. The van der Waals surface area contributed by atoms with Crippen LogP contribution in [0.4, 0.5) is 10.8 Å². The molecule has 5 heteroatoms. The van der Waals surface area contributed by atoms with E-state index in [1.165, 1.54) is 12.2 Å². The zero-order valence-corrected chi connectivity index (χ0v) is 12.6. The number of thiazole rings is 1. The van der Waals surface area contributed by atoms with Crippen molar-refractivity contribution in [2.75, 3.05) is 29.7 Å². The number of fused-ring (bicyclic) bond motifs is 1. The quantitative estimate of drug-likeness (QED) is 0.852. The van der Waals surface area contributed by atoms with Gasteiger partial charge in [0.1, 0.15) is 0 Å². The molecule has 2 rings (SSSR count). The minimum Gasteiger partial charge on any atom is -0.399 e. The number of hydrogen-bond acceptors (Lipinski definition) is 5. The van der Waals surface area contributed by atoms with E-state index in [1.807, 2.05) is 30.0 Å². The summed E-state index contributed by atoms with van der Waals surface area (Å²) in [5.41, 5.74) is 7.63. The number of thioether (sulfide) groups is 1. The molecule has 98 valence electrons. The van der Waals surface area contributed by atoms with Crippen molar-refractivity contribution in [1.82, 2.24) is 4.98 Å². The van der Waals surface area contributed by atoms with Crippen LogP contribution in [0, 0.1) is 0 Å². The van der Waals surface area contributed by atoms with Crippen molar-refractivity contribution >= 4 is 44.1 Å². The summed E-state index contributed by atoms with van der Waals surface area (Å²) in [6, 6.07) is 6.40. The second-order valence-electron chi connectivity index (χ2n) is 4.47. The summed E-state index contributed by atoms with van der Waals surface area (Å²) in [4.78, 5) is 6.93. The highest BCUT2D eigenvalue weighted by atomic mass is 32.2. The predicted octanol–water partition coefficient (Wildman–Crippen LogP) is 3.46. The highest BCUT2D eigenvalue weighted by Crippen LogP contribution is 2.30. The van der Waals surface area contributed by atoms with Crippen LogP contribution < -0.4 is 10.6 Å². The maximum Gasteiger partial charge on any atom is 0.186 e. The summed E-state index contributed by atoms with van der Waals surface area (Å²) in [6.07, 6.45) is 3.32. The molecule has 0 spiro atoms. The lowest BCUT2D eigenvalue weighted by Crippen LogP contribution is -2.29. The third-order valence-electron chi connectivity index (χ3n) is 3.10. The van der Waals surface area contributed by atoms with Crippen LogP contribution in [0.25, 0.3) is 10.2 Å². The van der Waals surface area contributed by atoms with Crippen LogP contribution in [0.2, 0.25) is 0 Å². The van der Waals surface area contributed by atoms with E-state index in [0.717, 1.165) is 21.0 Å². The van der Waals surface area contributed by atoms with Crippen molar-refractivity contribution in [1.29, 1.82) is 0 Å². The second kappa shape index (κ2) is 5.80. The van der Waals surface area contributed by atoms with Crippen molar-refractivity contribution < 1.29 is 0 Å². The van der Waals surface area contributed by atoms with Crippen LogP contribution in [0.1, 0.15) is 13.3 Å². The highest BCUT2D eigenvalue weighted by Gasteiger charge is 2.14. The van der Waals surface area contributed by atoms with Crippen LogP contribution in [0.15, 0.2) is 18.2 Å². The first-order valence-corrected chi connectivity index (χ1v) is 8.20. The van der Waals surface area contributed by atoms with E-state index in [0.29, 0.717) is 6.04 Å². The lowest BCUT2D eigenvalue weighted by Gasteiger charge is -2.23. The molecule has 0 amide bonds. The fraction of sp³-hybridized carbons (Fsp3) is 0.462. The largest absolute Gasteiger partial charge is 0.399 e. The van der Waals surface area contributed by atoms with Gasteiger partial charge in [0.2, 0.25) is 0 Å². The van der Waals surface area contributed by atoms with Crippen molar-refractivity contribution in [3.8, 4) is 0 Å². The van der Waals surface area contributed by atoms with E-state index in [4.69, 9.17) is 5.73 Å². The molecular weight excluding hydrogens is 262 g/mol. The molecule has 0 aliphatic heterocycles. The van der Waals surface area contributed by atoms with Crippen LogP contribution in [-0.4, -0.2) is 30.1 Å². The minimum atomic E-state index is 0.510. The fourth-order valence-electron chi connectivity index (χ4n) is 1.75. The average molecular weight is 281 g/mol. The van der Waals surface area contributed by atoms with Gasteiger partial charge in [0.25, 0.3) is 0 Å². The van der Waals surface area contributed by atoms with Crippen LogP contribution in [0.5, 0.6) is 0 Å². The zero-order chi connectivity index (χ0) is 13.1. The number of nitrogens with two attached hydrogens (primary N) is 1. The Bertz CT molecular complexity index is 524. The number of aromatic nitrogens is 1. The molecule has 1 aromatic carbocycles. The Hall–Kier alpha value is -0.940. The molecule has 2 aromatic rings. The standard InChI is InChI=1S/C13H19N3S2/c1-9(6-7-17-3)16(2)13-15-11-5-4-10(14)8-12(11)18-13/h4-5,8-9H,6-7,14H2,1-3H3. The summed E-state index contributed by atoms with van der Waals surface area (Å²) in [5, 5.41) is 1.07. The number of hydrogen-bond donors (Lipinski definition) is 1. The lowest BCUT2D eigenvalue weighted by atomic mass is 10.2. The SMILES string of the molecule is CSCCC(C)N(C)c1nc2ccc(N)cc2s1. The van der Waals surface area contributed by atoms with E-state index in [2.05, 4.69) is 30.1 Å². The average Bonchev–Trinajstić information content (AvgIpc) is 2.77. The van der Waals surface area contributed by atoms with Gasteiger partial charge in [0.05, 0.1) is 10.2 Å². The van der Waals surface area contributed by atoms with Gasteiger partial charge in [-0.1, -0.05) is 11.3 Å². The minimum absolute atomic E-state index is 0.510. The normalized spacial score (nSPS) is 12.8. The zero-order valence-electron chi connectivity index (χ0n) is 11.0. The van der Waals surface area contributed by atoms with E-state index in [-0.39, 0.29) is 0 Å². The third kappa shape index (κ3) is 2.90. The molecule has 1 atom stereocenters. The number of nitrogen functional groups attached to an aromatic ring is 1. The van der Waals surface area contributed by atoms with Crippen molar-refractivity contribution in [2.45, 2.75) is 19.4 Å². The smallest absolute Gasteiger partial charge is 0.186 e. The first-order chi connectivity index (χ1) is 8.61. The van der Waals surface area contributed by atoms with Crippen molar-refractivity contribution in [3.05, 3.63) is 18.2 Å². The Labute approximate surface area is 116 Å².